The number of para-hydroxylation sites is 1. The Morgan fingerprint density at radius 1 is 0.956 bits per heavy atom. The van der Waals surface area contributed by atoms with Crippen LogP contribution in [0.4, 0.5) is 15.3 Å². The van der Waals surface area contributed by atoms with Crippen molar-refractivity contribution in [2.75, 3.05) is 32.1 Å². The second kappa shape index (κ2) is 15.5. The molecule has 1 aliphatic heterocycles. The van der Waals surface area contributed by atoms with Crippen molar-refractivity contribution in [2.24, 2.45) is 5.73 Å². The Labute approximate surface area is 265 Å². The summed E-state index contributed by atoms with van der Waals surface area (Å²) < 4.78 is 16.6. The lowest BCUT2D eigenvalue weighted by Crippen LogP contribution is -2.56. The third-order valence-corrected chi connectivity index (χ3v) is 7.67. The van der Waals surface area contributed by atoms with E-state index in [0.717, 1.165) is 16.7 Å². The molecule has 3 atom stereocenters. The van der Waals surface area contributed by atoms with Gasteiger partial charge in [-0.15, -0.1) is 0 Å². The zero-order valence-corrected chi connectivity index (χ0v) is 26.4. The first kappa shape index (κ1) is 33.5. The number of carbonyl (C=O) groups excluding carboxylic acids is 3. The first-order chi connectivity index (χ1) is 21.6. The zero-order chi connectivity index (χ0) is 32.4. The van der Waals surface area contributed by atoms with Crippen LogP contribution in [0.25, 0.3) is 0 Å². The van der Waals surface area contributed by atoms with Crippen molar-refractivity contribution in [3.63, 3.8) is 0 Å². The number of anilines is 1. The number of benzene rings is 3. The lowest BCUT2D eigenvalue weighted by Gasteiger charge is -2.39. The summed E-state index contributed by atoms with van der Waals surface area (Å²) in [6, 6.07) is 25.5. The summed E-state index contributed by atoms with van der Waals surface area (Å²) in [4.78, 5) is 41.1. The third-order valence-electron chi connectivity index (χ3n) is 7.67. The molecule has 240 valence electrons. The number of aryl methyl sites for hydroxylation is 1. The standard InChI is InChI=1S/C35H44N4O6/c1-35(2,3)45-34(42)39-22-28(44-23-27(39)21-36)20-19-24-13-11-12-18-29(24)37-32(40)31(38-33(41)43-4)30(25-14-7-5-8-15-25)26-16-9-6-10-17-26/h5-18,27-28,30-31H,19-23,36H2,1-4H3,(H,37,40)(H,38,41)/t27-,28-,31+/m1/s1. The van der Waals surface area contributed by atoms with Crippen LogP contribution in [0.5, 0.6) is 0 Å². The summed E-state index contributed by atoms with van der Waals surface area (Å²) >= 11 is 0. The predicted molar refractivity (Wildman–Crippen MR) is 173 cm³/mol. The molecule has 0 aromatic heterocycles. The average molecular weight is 617 g/mol. The molecule has 3 aromatic carbocycles. The fraction of sp³-hybridized carbons (Fsp3) is 0.400. The van der Waals surface area contributed by atoms with Crippen LogP contribution in [-0.2, 0) is 25.4 Å². The van der Waals surface area contributed by atoms with Crippen molar-refractivity contribution in [3.8, 4) is 0 Å². The van der Waals surface area contributed by atoms with Gasteiger partial charge in [-0.2, -0.15) is 0 Å². The molecule has 45 heavy (non-hydrogen) atoms. The van der Waals surface area contributed by atoms with Gasteiger partial charge >= 0.3 is 12.2 Å². The molecular formula is C35H44N4O6. The minimum Gasteiger partial charge on any atom is -0.453 e. The van der Waals surface area contributed by atoms with Crippen LogP contribution < -0.4 is 16.4 Å². The van der Waals surface area contributed by atoms with Gasteiger partial charge in [-0.1, -0.05) is 78.9 Å². The smallest absolute Gasteiger partial charge is 0.410 e. The van der Waals surface area contributed by atoms with E-state index >= 15 is 0 Å². The predicted octanol–water partition coefficient (Wildman–Crippen LogP) is 5.08. The quantitative estimate of drug-likeness (QED) is 0.290. The van der Waals surface area contributed by atoms with Crippen molar-refractivity contribution < 1.29 is 28.6 Å². The molecule has 0 spiro atoms. The summed E-state index contributed by atoms with van der Waals surface area (Å²) in [7, 11) is 1.27. The monoisotopic (exact) mass is 616 g/mol. The first-order valence-corrected chi connectivity index (χ1v) is 15.2. The highest BCUT2D eigenvalue weighted by Gasteiger charge is 2.35. The molecule has 1 saturated heterocycles. The Kier molecular flexibility index (Phi) is 11.6. The minimum absolute atomic E-state index is 0.238. The zero-order valence-electron chi connectivity index (χ0n) is 26.4. The highest BCUT2D eigenvalue weighted by Crippen LogP contribution is 2.30. The van der Waals surface area contributed by atoms with Gasteiger partial charge in [-0.05, 0) is 56.4 Å². The van der Waals surface area contributed by atoms with Gasteiger partial charge in [0.15, 0.2) is 0 Å². The maximum Gasteiger partial charge on any atom is 0.410 e. The number of methoxy groups -OCH3 is 1. The molecule has 0 unspecified atom stereocenters. The number of carbonyl (C=O) groups is 3. The number of morpholine rings is 1. The van der Waals surface area contributed by atoms with E-state index in [1.165, 1.54) is 7.11 Å². The lowest BCUT2D eigenvalue weighted by atomic mass is 9.84. The number of ether oxygens (including phenoxy) is 3. The molecule has 10 nitrogen and oxygen atoms in total. The summed E-state index contributed by atoms with van der Waals surface area (Å²) in [6.45, 7) is 6.44. The van der Waals surface area contributed by atoms with Gasteiger partial charge in [0.05, 0.1) is 32.4 Å². The Morgan fingerprint density at radius 3 is 2.13 bits per heavy atom. The average Bonchev–Trinajstić information content (AvgIpc) is 3.04. The van der Waals surface area contributed by atoms with E-state index in [-0.39, 0.29) is 24.6 Å². The van der Waals surface area contributed by atoms with Gasteiger partial charge in [-0.3, -0.25) is 9.69 Å². The topological polar surface area (TPSA) is 132 Å². The molecule has 0 aliphatic carbocycles. The molecule has 3 aromatic rings. The van der Waals surface area contributed by atoms with Crippen molar-refractivity contribution in [1.82, 2.24) is 10.2 Å². The van der Waals surface area contributed by atoms with E-state index in [4.69, 9.17) is 19.9 Å². The third kappa shape index (κ3) is 9.29. The second-order valence-corrected chi connectivity index (χ2v) is 12.1. The number of alkyl carbamates (subject to hydrolysis) is 1. The minimum atomic E-state index is -0.979. The maximum atomic E-state index is 14.0. The number of hydrogen-bond acceptors (Lipinski definition) is 7. The SMILES string of the molecule is COC(=O)N[C@H](C(=O)Nc1ccccc1CC[C@@H]1CN(C(=O)OC(C)(C)C)[C@H](CN)CO1)C(c1ccccc1)c1ccccc1. The normalized spacial score (nSPS) is 17.3. The molecule has 10 heteroatoms. The van der Waals surface area contributed by atoms with E-state index < -0.39 is 29.7 Å². The highest BCUT2D eigenvalue weighted by molar-refractivity contribution is 5.98. The largest absolute Gasteiger partial charge is 0.453 e. The van der Waals surface area contributed by atoms with E-state index in [2.05, 4.69) is 10.6 Å². The molecule has 1 heterocycles. The van der Waals surface area contributed by atoms with Gasteiger partial charge in [0.1, 0.15) is 11.6 Å². The molecule has 0 radical (unpaired) electrons. The van der Waals surface area contributed by atoms with E-state index in [1.54, 1.807) is 4.90 Å². The van der Waals surface area contributed by atoms with Crippen LogP contribution in [0, 0.1) is 0 Å². The number of nitrogens with one attached hydrogen (secondary N) is 2. The van der Waals surface area contributed by atoms with Crippen molar-refractivity contribution in [3.05, 3.63) is 102 Å². The van der Waals surface area contributed by atoms with Crippen LogP contribution in [0.3, 0.4) is 0 Å². The Hall–Kier alpha value is -4.41. The Bertz CT molecular complexity index is 1370. The molecule has 3 amide bonds. The Balaban J connectivity index is 1.53. The molecule has 1 fully saturated rings. The number of nitrogens with zero attached hydrogens (tertiary/aromatic N) is 1. The molecule has 4 rings (SSSR count). The molecule has 0 saturated carbocycles. The molecular weight excluding hydrogens is 572 g/mol. The number of amides is 3. The van der Waals surface area contributed by atoms with Crippen LogP contribution in [-0.4, -0.2) is 73.6 Å². The highest BCUT2D eigenvalue weighted by atomic mass is 16.6. The van der Waals surface area contributed by atoms with E-state index in [0.29, 0.717) is 31.7 Å². The number of hydrogen-bond donors (Lipinski definition) is 3. The number of nitrogens with two attached hydrogens (primary N) is 1. The van der Waals surface area contributed by atoms with Crippen molar-refractivity contribution in [1.29, 1.82) is 0 Å². The number of rotatable bonds is 10. The summed E-state index contributed by atoms with van der Waals surface area (Å²) in [5, 5.41) is 5.84. The second-order valence-electron chi connectivity index (χ2n) is 12.1. The fourth-order valence-corrected chi connectivity index (χ4v) is 5.44. The van der Waals surface area contributed by atoms with Gasteiger partial charge in [0.25, 0.3) is 0 Å². The molecule has 1 aliphatic rings. The first-order valence-electron chi connectivity index (χ1n) is 15.2. The summed E-state index contributed by atoms with van der Waals surface area (Å²) in [6.07, 6.45) is -0.177. The van der Waals surface area contributed by atoms with Gasteiger partial charge in [0.2, 0.25) is 5.91 Å². The summed E-state index contributed by atoms with van der Waals surface area (Å²) in [5.74, 6) is -0.870. The maximum absolute atomic E-state index is 14.0. The van der Waals surface area contributed by atoms with Crippen molar-refractivity contribution in [2.45, 2.75) is 63.3 Å². The van der Waals surface area contributed by atoms with Gasteiger partial charge < -0.3 is 30.6 Å². The van der Waals surface area contributed by atoms with E-state index in [9.17, 15) is 14.4 Å². The van der Waals surface area contributed by atoms with Gasteiger partial charge in [0, 0.05) is 18.2 Å². The van der Waals surface area contributed by atoms with Crippen LogP contribution in [0.2, 0.25) is 0 Å². The van der Waals surface area contributed by atoms with Crippen LogP contribution in [0.15, 0.2) is 84.9 Å². The van der Waals surface area contributed by atoms with Crippen LogP contribution >= 0.6 is 0 Å². The Morgan fingerprint density at radius 2 is 1.56 bits per heavy atom. The van der Waals surface area contributed by atoms with Gasteiger partial charge in [-0.25, -0.2) is 9.59 Å². The lowest BCUT2D eigenvalue weighted by molar-refractivity contribution is -0.118. The van der Waals surface area contributed by atoms with E-state index in [1.807, 2.05) is 106 Å². The van der Waals surface area contributed by atoms with Crippen molar-refractivity contribution >= 4 is 23.8 Å². The molecule has 0 bridgehead atoms. The van der Waals surface area contributed by atoms with Crippen LogP contribution in [0.1, 0.15) is 49.8 Å². The summed E-state index contributed by atoms with van der Waals surface area (Å²) in [5.41, 5.74) is 8.56. The molecule has 4 N–H and O–H groups in total. The fourth-order valence-electron chi connectivity index (χ4n) is 5.44.